The van der Waals surface area contributed by atoms with Crippen LogP contribution in [0.3, 0.4) is 0 Å². The van der Waals surface area contributed by atoms with Crippen molar-refractivity contribution in [3.8, 4) is 0 Å². The molecule has 0 unspecified atom stereocenters. The highest BCUT2D eigenvalue weighted by atomic mass is 79.9. The van der Waals surface area contributed by atoms with Crippen molar-refractivity contribution in [3.05, 3.63) is 33.3 Å². The second-order valence-corrected chi connectivity index (χ2v) is 6.07. The number of hydrogen-bond donors (Lipinski definition) is 0. The summed E-state index contributed by atoms with van der Waals surface area (Å²) in [5, 5.41) is 0.854. The van der Waals surface area contributed by atoms with Crippen molar-refractivity contribution >= 4 is 27.5 Å². The molecule has 18 heavy (non-hydrogen) atoms. The number of hydrogen-bond acceptors (Lipinski definition) is 1. The van der Waals surface area contributed by atoms with E-state index in [0.29, 0.717) is 0 Å². The molecule has 0 heterocycles. The summed E-state index contributed by atoms with van der Waals surface area (Å²) in [6.45, 7) is 9.94. The standard InChI is InChI=1S/C15H23BrClN/c1-4-12(5-2)10-18(6-3)11-13-7-8-14(16)9-15(13)17/h7-9,12H,4-6,10-11H2,1-3H3. The third kappa shape index (κ3) is 4.91. The molecule has 0 amide bonds. The fraction of sp³-hybridized carbons (Fsp3) is 0.600. The van der Waals surface area contributed by atoms with Crippen LogP contribution in [0.2, 0.25) is 5.02 Å². The summed E-state index contributed by atoms with van der Waals surface area (Å²) in [6, 6.07) is 6.15. The highest BCUT2D eigenvalue weighted by Crippen LogP contribution is 2.23. The van der Waals surface area contributed by atoms with Gasteiger partial charge in [0.15, 0.2) is 0 Å². The zero-order valence-corrected chi connectivity index (χ0v) is 13.9. The molecule has 0 bridgehead atoms. The quantitative estimate of drug-likeness (QED) is 0.649. The van der Waals surface area contributed by atoms with Gasteiger partial charge in [0.05, 0.1) is 0 Å². The van der Waals surface area contributed by atoms with Gasteiger partial charge in [0.2, 0.25) is 0 Å². The first-order chi connectivity index (χ1) is 8.60. The van der Waals surface area contributed by atoms with E-state index in [2.05, 4.69) is 53.7 Å². The molecule has 102 valence electrons. The van der Waals surface area contributed by atoms with Gasteiger partial charge in [-0.1, -0.05) is 67.2 Å². The Kier molecular flexibility index (Phi) is 7.28. The van der Waals surface area contributed by atoms with Gasteiger partial charge in [0.1, 0.15) is 0 Å². The van der Waals surface area contributed by atoms with Crippen LogP contribution in [0, 0.1) is 5.92 Å². The lowest BCUT2D eigenvalue weighted by Crippen LogP contribution is -2.28. The third-order valence-electron chi connectivity index (χ3n) is 3.53. The minimum atomic E-state index is 0.791. The molecule has 0 radical (unpaired) electrons. The molecular weight excluding hydrogens is 310 g/mol. The van der Waals surface area contributed by atoms with Crippen LogP contribution in [-0.4, -0.2) is 18.0 Å². The molecule has 1 aromatic carbocycles. The summed E-state index contributed by atoms with van der Waals surface area (Å²) in [6.07, 6.45) is 2.50. The van der Waals surface area contributed by atoms with Gasteiger partial charge < -0.3 is 0 Å². The van der Waals surface area contributed by atoms with Gasteiger partial charge in [-0.25, -0.2) is 0 Å². The molecule has 0 aromatic heterocycles. The maximum absolute atomic E-state index is 6.28. The summed E-state index contributed by atoms with van der Waals surface area (Å²) in [5.41, 5.74) is 1.22. The largest absolute Gasteiger partial charge is 0.299 e. The van der Waals surface area contributed by atoms with E-state index in [0.717, 1.165) is 35.0 Å². The van der Waals surface area contributed by atoms with Gasteiger partial charge in [0, 0.05) is 22.6 Å². The second-order valence-electron chi connectivity index (χ2n) is 4.75. The Hall–Kier alpha value is -0.0500. The minimum Gasteiger partial charge on any atom is -0.299 e. The number of halogens is 2. The normalized spacial score (nSPS) is 11.5. The van der Waals surface area contributed by atoms with Gasteiger partial charge in [-0.05, 0) is 30.2 Å². The molecule has 1 nitrogen and oxygen atoms in total. The molecule has 0 spiro atoms. The Morgan fingerprint density at radius 3 is 2.39 bits per heavy atom. The van der Waals surface area contributed by atoms with E-state index in [4.69, 9.17) is 11.6 Å². The van der Waals surface area contributed by atoms with Crippen molar-refractivity contribution in [2.75, 3.05) is 13.1 Å². The maximum atomic E-state index is 6.28. The highest BCUT2D eigenvalue weighted by molar-refractivity contribution is 9.10. The first kappa shape index (κ1) is 16.0. The predicted octanol–water partition coefficient (Wildman–Crippen LogP) is 5.36. The van der Waals surface area contributed by atoms with E-state index in [1.807, 2.05) is 6.07 Å². The van der Waals surface area contributed by atoms with E-state index >= 15 is 0 Å². The SMILES string of the molecule is CCC(CC)CN(CC)Cc1ccc(Br)cc1Cl. The van der Waals surface area contributed by atoms with Gasteiger partial charge in [-0.3, -0.25) is 4.90 Å². The fourth-order valence-corrected chi connectivity index (χ4v) is 2.84. The first-order valence-corrected chi connectivity index (χ1v) is 7.94. The van der Waals surface area contributed by atoms with Gasteiger partial charge >= 0.3 is 0 Å². The van der Waals surface area contributed by atoms with E-state index in [9.17, 15) is 0 Å². The average molecular weight is 333 g/mol. The molecule has 0 aliphatic heterocycles. The molecule has 0 saturated heterocycles. The van der Waals surface area contributed by atoms with E-state index in [1.54, 1.807) is 0 Å². The van der Waals surface area contributed by atoms with Crippen molar-refractivity contribution in [1.29, 1.82) is 0 Å². The fourth-order valence-electron chi connectivity index (χ4n) is 2.11. The van der Waals surface area contributed by atoms with E-state index in [-0.39, 0.29) is 0 Å². The molecule has 0 saturated carbocycles. The van der Waals surface area contributed by atoms with Crippen LogP contribution in [0.15, 0.2) is 22.7 Å². The van der Waals surface area contributed by atoms with Crippen LogP contribution in [0.25, 0.3) is 0 Å². The van der Waals surface area contributed by atoms with E-state index in [1.165, 1.54) is 18.4 Å². The summed E-state index contributed by atoms with van der Waals surface area (Å²) in [4.78, 5) is 2.48. The Balaban J connectivity index is 2.67. The molecule has 1 aromatic rings. The van der Waals surface area contributed by atoms with Crippen LogP contribution in [0.1, 0.15) is 39.2 Å². The first-order valence-electron chi connectivity index (χ1n) is 6.76. The molecule has 0 fully saturated rings. The molecular formula is C15H23BrClN. The molecule has 1 rings (SSSR count). The minimum absolute atomic E-state index is 0.791. The zero-order valence-electron chi connectivity index (χ0n) is 11.5. The van der Waals surface area contributed by atoms with Crippen LogP contribution in [0.4, 0.5) is 0 Å². The van der Waals surface area contributed by atoms with Crippen molar-refractivity contribution in [2.45, 2.75) is 40.2 Å². The van der Waals surface area contributed by atoms with Crippen LogP contribution in [0.5, 0.6) is 0 Å². The summed E-state index contributed by atoms with van der Waals surface area (Å²) in [5.74, 6) is 0.791. The van der Waals surface area contributed by atoms with Crippen LogP contribution < -0.4 is 0 Å². The topological polar surface area (TPSA) is 3.24 Å². The summed E-state index contributed by atoms with van der Waals surface area (Å²) >= 11 is 9.72. The van der Waals surface area contributed by atoms with Crippen LogP contribution in [-0.2, 0) is 6.54 Å². The number of benzene rings is 1. The number of nitrogens with zero attached hydrogens (tertiary/aromatic N) is 1. The molecule has 0 atom stereocenters. The number of rotatable bonds is 7. The molecule has 0 aliphatic rings. The zero-order chi connectivity index (χ0) is 13.5. The monoisotopic (exact) mass is 331 g/mol. The Bertz CT molecular complexity index is 364. The van der Waals surface area contributed by atoms with Crippen molar-refractivity contribution in [3.63, 3.8) is 0 Å². The average Bonchev–Trinajstić information content (AvgIpc) is 2.37. The molecule has 0 N–H and O–H groups in total. The van der Waals surface area contributed by atoms with Crippen LogP contribution >= 0.6 is 27.5 Å². The van der Waals surface area contributed by atoms with Crippen molar-refractivity contribution < 1.29 is 0 Å². The predicted molar refractivity (Wildman–Crippen MR) is 84.2 cm³/mol. The van der Waals surface area contributed by atoms with Gasteiger partial charge in [-0.15, -0.1) is 0 Å². The highest BCUT2D eigenvalue weighted by Gasteiger charge is 2.12. The molecule has 0 aliphatic carbocycles. The summed E-state index contributed by atoms with van der Waals surface area (Å²) < 4.78 is 1.04. The lowest BCUT2D eigenvalue weighted by molar-refractivity contribution is 0.226. The lowest BCUT2D eigenvalue weighted by Gasteiger charge is -2.25. The smallest absolute Gasteiger partial charge is 0.0462 e. The Labute approximate surface area is 125 Å². The van der Waals surface area contributed by atoms with Gasteiger partial charge in [-0.2, -0.15) is 0 Å². The second kappa shape index (κ2) is 8.19. The third-order valence-corrected chi connectivity index (χ3v) is 4.37. The maximum Gasteiger partial charge on any atom is 0.0462 e. The summed E-state index contributed by atoms with van der Waals surface area (Å²) in [7, 11) is 0. The Morgan fingerprint density at radius 1 is 1.22 bits per heavy atom. The van der Waals surface area contributed by atoms with Crippen molar-refractivity contribution in [1.82, 2.24) is 4.90 Å². The Morgan fingerprint density at radius 2 is 1.89 bits per heavy atom. The van der Waals surface area contributed by atoms with Crippen molar-refractivity contribution in [2.24, 2.45) is 5.92 Å². The molecule has 3 heteroatoms. The van der Waals surface area contributed by atoms with E-state index < -0.39 is 0 Å². The van der Waals surface area contributed by atoms with Gasteiger partial charge in [0.25, 0.3) is 0 Å². The lowest BCUT2D eigenvalue weighted by atomic mass is 10.0.